The highest BCUT2D eigenvalue weighted by Gasteiger charge is 2.73. The van der Waals surface area contributed by atoms with E-state index in [0.717, 1.165) is 24.8 Å². The number of ether oxygens (including phenoxy) is 1. The Morgan fingerprint density at radius 3 is 2.82 bits per heavy atom. The highest BCUT2D eigenvalue weighted by atomic mass is 16.5. The van der Waals surface area contributed by atoms with E-state index in [1.165, 1.54) is 0 Å². The van der Waals surface area contributed by atoms with Crippen LogP contribution >= 0.6 is 0 Å². The number of carbonyl (C=O) groups excluding carboxylic acids is 2. The maximum Gasteiger partial charge on any atom is 0.181 e. The number of rotatable bonds is 1. The molecule has 8 atom stereocenters. The van der Waals surface area contributed by atoms with Gasteiger partial charge in [-0.2, -0.15) is 0 Å². The van der Waals surface area contributed by atoms with E-state index in [-0.39, 0.29) is 40.8 Å². The predicted molar refractivity (Wildman–Crippen MR) is 105 cm³/mol. The lowest BCUT2D eigenvalue weighted by Crippen LogP contribution is -2.61. The fourth-order valence-electron chi connectivity index (χ4n) is 7.84. The van der Waals surface area contributed by atoms with Gasteiger partial charge in [-0.25, -0.2) is 4.99 Å². The van der Waals surface area contributed by atoms with E-state index in [1.54, 1.807) is 19.1 Å². The van der Waals surface area contributed by atoms with Gasteiger partial charge in [-0.3, -0.25) is 9.59 Å². The molecule has 5 nitrogen and oxygen atoms in total. The minimum absolute atomic E-state index is 0.0465. The van der Waals surface area contributed by atoms with Crippen LogP contribution in [0.25, 0.3) is 0 Å². The van der Waals surface area contributed by atoms with Crippen LogP contribution in [0.2, 0.25) is 0 Å². The monoisotopic (exact) mass is 383 g/mol. The number of aliphatic hydroxyl groups excluding tert-OH is 1. The average molecular weight is 383 g/mol. The number of aliphatic imine (C=N–C) groups is 1. The van der Waals surface area contributed by atoms with E-state index in [2.05, 4.69) is 13.8 Å². The van der Waals surface area contributed by atoms with Crippen molar-refractivity contribution in [3.05, 3.63) is 23.8 Å². The summed E-state index contributed by atoms with van der Waals surface area (Å²) in [5.74, 6) is 1.31. The van der Waals surface area contributed by atoms with Gasteiger partial charge in [0.1, 0.15) is 6.10 Å². The van der Waals surface area contributed by atoms with Crippen LogP contribution in [0.15, 0.2) is 28.8 Å². The van der Waals surface area contributed by atoms with Crippen molar-refractivity contribution in [1.82, 2.24) is 0 Å². The molecule has 3 fully saturated rings. The lowest BCUT2D eigenvalue weighted by atomic mass is 9.46. The molecule has 5 heteroatoms. The van der Waals surface area contributed by atoms with Crippen molar-refractivity contribution in [2.45, 2.75) is 71.1 Å². The van der Waals surface area contributed by atoms with E-state index in [1.807, 2.05) is 13.0 Å². The van der Waals surface area contributed by atoms with E-state index < -0.39 is 17.1 Å². The summed E-state index contributed by atoms with van der Waals surface area (Å²) in [5.41, 5.74) is -0.427. The normalized spacial score (nSPS) is 51.3. The van der Waals surface area contributed by atoms with Crippen molar-refractivity contribution in [2.75, 3.05) is 0 Å². The molecule has 1 N–H and O–H groups in total. The summed E-state index contributed by atoms with van der Waals surface area (Å²) >= 11 is 0. The molecule has 0 spiro atoms. The third kappa shape index (κ3) is 1.94. The number of hydrogen-bond acceptors (Lipinski definition) is 5. The Morgan fingerprint density at radius 2 is 2.11 bits per heavy atom. The summed E-state index contributed by atoms with van der Waals surface area (Å²) in [6.07, 6.45) is 7.84. The molecule has 3 saturated carbocycles. The Bertz CT molecular complexity index is 872. The first-order chi connectivity index (χ1) is 13.1. The lowest BCUT2D eigenvalue weighted by molar-refractivity contribution is -0.142. The maximum atomic E-state index is 12.9. The summed E-state index contributed by atoms with van der Waals surface area (Å²) in [7, 11) is 0. The molecule has 0 aromatic heterocycles. The Labute approximate surface area is 165 Å². The summed E-state index contributed by atoms with van der Waals surface area (Å²) in [4.78, 5) is 29.6. The number of carbonyl (C=O) groups is 2. The first-order valence-corrected chi connectivity index (χ1v) is 10.5. The number of nitrogens with zero attached hydrogens (tertiary/aromatic N) is 1. The quantitative estimate of drug-likeness (QED) is 0.755. The number of allylic oxidation sites excluding steroid dienone is 4. The molecule has 0 aromatic carbocycles. The number of Topliss-reactive ketones (excluding diaryl/α,β-unsaturated/α-hetero) is 1. The number of ketones is 2. The van der Waals surface area contributed by atoms with Crippen molar-refractivity contribution in [1.29, 1.82) is 0 Å². The van der Waals surface area contributed by atoms with Crippen LogP contribution in [0.5, 0.6) is 0 Å². The van der Waals surface area contributed by atoms with Gasteiger partial charge in [-0.05, 0) is 56.6 Å². The molecular weight excluding hydrogens is 354 g/mol. The second kappa shape index (κ2) is 5.44. The first-order valence-electron chi connectivity index (χ1n) is 10.5. The molecule has 1 aliphatic heterocycles. The average Bonchev–Trinajstić information content (AvgIpc) is 3.06. The second-order valence-corrected chi connectivity index (χ2v) is 10.0. The van der Waals surface area contributed by atoms with Crippen molar-refractivity contribution >= 4 is 17.5 Å². The summed E-state index contributed by atoms with van der Waals surface area (Å²) in [6, 6.07) is 0. The molecule has 0 aromatic rings. The van der Waals surface area contributed by atoms with Gasteiger partial charge in [-0.15, -0.1) is 0 Å². The molecule has 0 saturated heterocycles. The smallest absolute Gasteiger partial charge is 0.181 e. The van der Waals surface area contributed by atoms with Gasteiger partial charge in [-0.1, -0.05) is 25.5 Å². The fraction of sp³-hybridized carbons (Fsp3) is 0.696. The zero-order valence-corrected chi connectivity index (χ0v) is 17.1. The van der Waals surface area contributed by atoms with Gasteiger partial charge in [0.25, 0.3) is 0 Å². The molecule has 5 aliphatic rings. The van der Waals surface area contributed by atoms with Crippen molar-refractivity contribution in [2.24, 2.45) is 33.6 Å². The topological polar surface area (TPSA) is 76.0 Å². The van der Waals surface area contributed by atoms with Crippen LogP contribution in [-0.4, -0.2) is 40.3 Å². The number of aliphatic hydroxyl groups is 1. The standard InChI is InChI=1S/C23H29NO4/c1-12(25)23-19(28-13(2)24-23)10-17-16-6-5-14-9-15(26)7-8-21(14,3)20(16)18(27)11-22(17,23)4/h7-9,16-20,27H,5-6,10-11H2,1-4H3/t16-,17-,18+,19+,20+,21+,22+,23+/m1/s1. The van der Waals surface area contributed by atoms with Gasteiger partial charge in [0.2, 0.25) is 0 Å². The van der Waals surface area contributed by atoms with Crippen LogP contribution in [0.1, 0.15) is 53.4 Å². The number of fused-ring (bicyclic) bond motifs is 7. The molecular formula is C23H29NO4. The van der Waals surface area contributed by atoms with E-state index in [0.29, 0.717) is 12.3 Å². The highest BCUT2D eigenvalue weighted by Crippen LogP contribution is 2.69. The van der Waals surface area contributed by atoms with Gasteiger partial charge < -0.3 is 9.84 Å². The molecule has 4 aliphatic carbocycles. The Balaban J connectivity index is 1.61. The summed E-state index contributed by atoms with van der Waals surface area (Å²) < 4.78 is 6.05. The van der Waals surface area contributed by atoms with E-state index in [4.69, 9.17) is 9.73 Å². The third-order valence-corrected chi connectivity index (χ3v) is 8.87. The van der Waals surface area contributed by atoms with Crippen molar-refractivity contribution in [3.8, 4) is 0 Å². The zero-order valence-electron chi connectivity index (χ0n) is 17.1. The molecule has 28 heavy (non-hydrogen) atoms. The summed E-state index contributed by atoms with van der Waals surface area (Å²) in [5, 5.41) is 11.4. The van der Waals surface area contributed by atoms with E-state index in [9.17, 15) is 14.7 Å². The van der Waals surface area contributed by atoms with Gasteiger partial charge in [0, 0.05) is 23.7 Å². The third-order valence-electron chi connectivity index (χ3n) is 8.87. The lowest BCUT2D eigenvalue weighted by Gasteiger charge is -2.59. The second-order valence-electron chi connectivity index (χ2n) is 10.0. The predicted octanol–water partition coefficient (Wildman–Crippen LogP) is 3.02. The van der Waals surface area contributed by atoms with Crippen LogP contribution in [0.4, 0.5) is 0 Å². The van der Waals surface area contributed by atoms with Gasteiger partial charge >= 0.3 is 0 Å². The Morgan fingerprint density at radius 1 is 1.36 bits per heavy atom. The molecule has 0 bridgehead atoms. The van der Waals surface area contributed by atoms with Gasteiger partial charge in [0.05, 0.1) is 6.10 Å². The Hall–Kier alpha value is -1.75. The van der Waals surface area contributed by atoms with Crippen LogP contribution in [0, 0.1) is 28.6 Å². The summed E-state index contributed by atoms with van der Waals surface area (Å²) in [6.45, 7) is 7.77. The maximum absolute atomic E-state index is 12.9. The Kier molecular flexibility index (Phi) is 3.55. The minimum atomic E-state index is -0.872. The van der Waals surface area contributed by atoms with Crippen LogP contribution < -0.4 is 0 Å². The first kappa shape index (κ1) is 18.3. The molecule has 0 radical (unpaired) electrons. The van der Waals surface area contributed by atoms with Crippen molar-refractivity contribution in [3.63, 3.8) is 0 Å². The van der Waals surface area contributed by atoms with Crippen LogP contribution in [0.3, 0.4) is 0 Å². The van der Waals surface area contributed by atoms with Crippen molar-refractivity contribution < 1.29 is 19.4 Å². The molecule has 5 rings (SSSR count). The molecule has 0 unspecified atom stereocenters. The fourth-order valence-corrected chi connectivity index (χ4v) is 7.84. The highest BCUT2D eigenvalue weighted by molar-refractivity contribution is 6.01. The molecule has 0 amide bonds. The minimum Gasteiger partial charge on any atom is -0.475 e. The van der Waals surface area contributed by atoms with Crippen LogP contribution in [-0.2, 0) is 14.3 Å². The van der Waals surface area contributed by atoms with Gasteiger partial charge in [0.15, 0.2) is 23.0 Å². The molecule has 1 heterocycles. The zero-order chi connectivity index (χ0) is 20.1. The number of hydrogen-bond donors (Lipinski definition) is 1. The SMILES string of the molecule is CC(=O)[C@]12N=C(C)O[C@H]1C[C@@H]1[C@H]3CCC4=CC(=O)C=C[C@]4(C)[C@@H]3[C@@H](O)C[C@@]12C. The largest absolute Gasteiger partial charge is 0.475 e. The molecule has 150 valence electrons. The van der Waals surface area contributed by atoms with E-state index >= 15 is 0 Å².